The molecule has 3 aliphatic rings. The summed E-state index contributed by atoms with van der Waals surface area (Å²) in [5, 5.41) is 63.6. The molecule has 1 unspecified atom stereocenters. The van der Waals surface area contributed by atoms with E-state index in [1.807, 2.05) is 32.8 Å². The Hall–Kier alpha value is -1.58. The average molecular weight is 837 g/mol. The zero-order chi connectivity index (χ0) is 43.9. The van der Waals surface area contributed by atoms with Crippen molar-refractivity contribution in [2.75, 3.05) is 48.3 Å². The molecule has 17 heteroatoms. The van der Waals surface area contributed by atoms with Crippen molar-refractivity contribution < 1.29 is 73.1 Å². The number of methoxy groups -OCH3 is 2. The van der Waals surface area contributed by atoms with Crippen molar-refractivity contribution in [3.05, 3.63) is 0 Å². The number of hydrogen-bond donors (Lipinski definition) is 5. The number of carbonyl (C=O) groups excluding carboxylic acids is 1. The first-order chi connectivity index (χ1) is 27.0. The second kappa shape index (κ2) is 21.5. The molecule has 3 aliphatic heterocycles. The van der Waals surface area contributed by atoms with E-state index < -0.39 is 102 Å². The van der Waals surface area contributed by atoms with Crippen LogP contribution in [0.25, 0.3) is 0 Å². The van der Waals surface area contributed by atoms with Crippen LogP contribution in [-0.2, 0) is 47.5 Å². The molecule has 0 spiro atoms. The SMILES string of the molecule is CC[C@H]1OC(=O)[C@H](C)[C@@H](O[C@H]2C[C@@](C)(OC)[C@@H](O)[C@H](C)O2)[C@H](C)[C@@H](O[C@@H]2O[C@H](C)C[C@H](N(C)C)[C@H]2O)[C@](C)(O)C[C@@H](C)/C(=N/OCOCCOC)C(C)[C@@H](O)[C@]1(C)O. The number of ether oxygens (including phenoxy) is 8. The summed E-state index contributed by atoms with van der Waals surface area (Å²) in [6.45, 7) is 17.3. The van der Waals surface area contributed by atoms with Crippen molar-refractivity contribution in [3.63, 3.8) is 0 Å². The Labute approximate surface area is 345 Å². The Morgan fingerprint density at radius 1 is 0.897 bits per heavy atom. The van der Waals surface area contributed by atoms with Crippen molar-refractivity contribution in [1.82, 2.24) is 4.90 Å². The van der Waals surface area contributed by atoms with Crippen LogP contribution in [0.5, 0.6) is 0 Å². The molecule has 3 heterocycles. The number of aliphatic hydroxyl groups is 5. The third kappa shape index (κ3) is 12.1. The Kier molecular flexibility index (Phi) is 18.8. The fourth-order valence-corrected chi connectivity index (χ4v) is 8.93. The van der Waals surface area contributed by atoms with Gasteiger partial charge >= 0.3 is 5.97 Å². The van der Waals surface area contributed by atoms with Crippen LogP contribution in [0.15, 0.2) is 5.16 Å². The topological polar surface area (TPSA) is 217 Å². The Balaban J connectivity index is 2.22. The van der Waals surface area contributed by atoms with Crippen molar-refractivity contribution in [2.45, 2.75) is 179 Å². The summed E-state index contributed by atoms with van der Waals surface area (Å²) in [7, 11) is 6.76. The number of esters is 1. The maximum absolute atomic E-state index is 14.3. The van der Waals surface area contributed by atoms with Crippen LogP contribution in [0.1, 0.15) is 94.9 Å². The van der Waals surface area contributed by atoms with Crippen LogP contribution in [0, 0.1) is 23.7 Å². The van der Waals surface area contributed by atoms with E-state index in [0.717, 1.165) is 0 Å². The van der Waals surface area contributed by atoms with Gasteiger partial charge in [0.1, 0.15) is 23.9 Å². The van der Waals surface area contributed by atoms with Crippen molar-refractivity contribution >= 4 is 11.7 Å². The summed E-state index contributed by atoms with van der Waals surface area (Å²) in [6, 6.07) is -0.328. The van der Waals surface area contributed by atoms with Crippen molar-refractivity contribution in [3.8, 4) is 0 Å². The first-order valence-electron chi connectivity index (χ1n) is 20.8. The molecule has 0 radical (unpaired) electrons. The first kappa shape index (κ1) is 50.8. The summed E-state index contributed by atoms with van der Waals surface area (Å²) in [6.07, 6.45) is -9.49. The number of aliphatic hydroxyl groups excluding tert-OH is 3. The summed E-state index contributed by atoms with van der Waals surface area (Å²) in [5.74, 6) is -4.14. The second-order valence-electron chi connectivity index (χ2n) is 17.7. The number of nitrogens with zero attached hydrogens (tertiary/aromatic N) is 2. The quantitative estimate of drug-likeness (QED) is 0.0778. The molecule has 0 bridgehead atoms. The van der Waals surface area contributed by atoms with Gasteiger partial charge in [-0.2, -0.15) is 0 Å². The second-order valence-corrected chi connectivity index (χ2v) is 17.7. The maximum atomic E-state index is 14.3. The lowest BCUT2D eigenvalue weighted by Crippen LogP contribution is -2.61. The van der Waals surface area contributed by atoms with Gasteiger partial charge in [-0.25, -0.2) is 0 Å². The predicted molar refractivity (Wildman–Crippen MR) is 212 cm³/mol. The number of hydrogen-bond acceptors (Lipinski definition) is 17. The van der Waals surface area contributed by atoms with Gasteiger partial charge in [0.15, 0.2) is 12.6 Å². The van der Waals surface area contributed by atoms with Gasteiger partial charge in [0.25, 0.3) is 0 Å². The molecule has 5 N–H and O–H groups in total. The van der Waals surface area contributed by atoms with E-state index in [1.165, 1.54) is 14.0 Å². The average Bonchev–Trinajstić information content (AvgIpc) is 3.15. The van der Waals surface area contributed by atoms with Crippen LogP contribution in [-0.4, -0.2) is 175 Å². The zero-order valence-electron chi connectivity index (χ0n) is 37.3. The van der Waals surface area contributed by atoms with Gasteiger partial charge in [0.2, 0.25) is 6.79 Å². The fourth-order valence-electron chi connectivity index (χ4n) is 8.93. The molecule has 0 aromatic rings. The highest BCUT2D eigenvalue weighted by atomic mass is 16.7. The largest absolute Gasteiger partial charge is 0.459 e. The number of likely N-dealkylation sites (N-methyl/N-ethyl adjacent to an activating group) is 1. The van der Waals surface area contributed by atoms with Gasteiger partial charge in [-0.15, -0.1) is 0 Å². The van der Waals surface area contributed by atoms with Gasteiger partial charge in [-0.05, 0) is 74.9 Å². The van der Waals surface area contributed by atoms with E-state index in [9.17, 15) is 30.3 Å². The number of carbonyl (C=O) groups is 1. The fraction of sp³-hybridized carbons (Fsp3) is 0.951. The smallest absolute Gasteiger partial charge is 0.311 e. The van der Waals surface area contributed by atoms with E-state index in [1.54, 1.807) is 55.6 Å². The molecular formula is C41H76N2O15. The number of oxime groups is 1. The minimum Gasteiger partial charge on any atom is -0.459 e. The van der Waals surface area contributed by atoms with Crippen molar-refractivity contribution in [1.29, 1.82) is 0 Å². The van der Waals surface area contributed by atoms with Crippen LogP contribution >= 0.6 is 0 Å². The lowest BCUT2D eigenvalue weighted by Gasteiger charge is -2.49. The monoisotopic (exact) mass is 837 g/mol. The molecule has 3 saturated heterocycles. The maximum Gasteiger partial charge on any atom is 0.311 e. The lowest BCUT2D eigenvalue weighted by molar-refractivity contribution is -0.317. The van der Waals surface area contributed by atoms with Crippen LogP contribution in [0.2, 0.25) is 0 Å². The van der Waals surface area contributed by atoms with Gasteiger partial charge in [-0.1, -0.05) is 32.9 Å². The van der Waals surface area contributed by atoms with E-state index in [4.69, 9.17) is 42.7 Å². The van der Waals surface area contributed by atoms with Crippen molar-refractivity contribution in [2.24, 2.45) is 28.8 Å². The van der Waals surface area contributed by atoms with Gasteiger partial charge in [-0.3, -0.25) is 4.79 Å². The number of rotatable bonds is 13. The highest BCUT2D eigenvalue weighted by Gasteiger charge is 2.53. The van der Waals surface area contributed by atoms with Gasteiger partial charge in [0.05, 0.1) is 66.6 Å². The summed E-state index contributed by atoms with van der Waals surface area (Å²) in [5.41, 5.74) is -4.49. The zero-order valence-corrected chi connectivity index (χ0v) is 37.3. The Morgan fingerprint density at radius 3 is 2.14 bits per heavy atom. The normalized spacial score (nSPS) is 45.8. The highest BCUT2D eigenvalue weighted by Crippen LogP contribution is 2.41. The molecule has 0 amide bonds. The summed E-state index contributed by atoms with van der Waals surface area (Å²) >= 11 is 0. The molecule has 0 saturated carbocycles. The summed E-state index contributed by atoms with van der Waals surface area (Å²) < 4.78 is 48.1. The molecule has 0 aliphatic carbocycles. The van der Waals surface area contributed by atoms with Crippen LogP contribution in [0.3, 0.4) is 0 Å². The Morgan fingerprint density at radius 2 is 1.55 bits per heavy atom. The lowest BCUT2D eigenvalue weighted by atomic mass is 9.73. The third-order valence-electron chi connectivity index (χ3n) is 12.6. The van der Waals surface area contributed by atoms with Crippen LogP contribution < -0.4 is 0 Å². The van der Waals surface area contributed by atoms with E-state index >= 15 is 0 Å². The third-order valence-corrected chi connectivity index (χ3v) is 12.6. The minimum atomic E-state index is -1.97. The van der Waals surface area contributed by atoms with Gasteiger partial charge in [0, 0.05) is 44.4 Å². The standard InChI is InChI=1S/C41H76N2O15/c1-15-29-41(10,49)34(45)24(4)31(42-53-21-52-17-16-50-13)22(2)19-39(8,48)36(58-38-32(44)28(43(11)12)18-23(3)54-38)25(5)33(26(6)37(47)56-29)57-30-20-40(9,51-14)35(46)27(7)55-30/h22-30,32-36,38,44-46,48-49H,15-21H2,1-14H3/b42-31-/t22-,23-,24?,25+,26-,27+,28+,29-,30+,32-,33+,34-,35+,36-,38+,39-,40-,41-/m1/s1. The molecule has 340 valence electrons. The predicted octanol–water partition coefficient (Wildman–Crippen LogP) is 2.21. The first-order valence-corrected chi connectivity index (χ1v) is 20.8. The van der Waals surface area contributed by atoms with E-state index in [0.29, 0.717) is 18.7 Å². The van der Waals surface area contributed by atoms with E-state index in [2.05, 4.69) is 5.16 Å². The molecular weight excluding hydrogens is 760 g/mol. The molecule has 3 rings (SSSR count). The van der Waals surface area contributed by atoms with Crippen LogP contribution in [0.4, 0.5) is 0 Å². The Bertz CT molecular complexity index is 1300. The molecule has 0 aromatic carbocycles. The van der Waals surface area contributed by atoms with Gasteiger partial charge < -0.3 is 73.2 Å². The molecule has 0 aromatic heterocycles. The molecule has 3 fully saturated rings. The molecule has 58 heavy (non-hydrogen) atoms. The number of cyclic esters (lactones) is 1. The minimum absolute atomic E-state index is 0.0307. The molecule has 17 nitrogen and oxygen atoms in total. The highest BCUT2D eigenvalue weighted by molar-refractivity contribution is 5.88. The molecule has 18 atom stereocenters. The summed E-state index contributed by atoms with van der Waals surface area (Å²) in [4.78, 5) is 21.8. The van der Waals surface area contributed by atoms with E-state index in [-0.39, 0.29) is 44.8 Å².